The summed E-state index contributed by atoms with van der Waals surface area (Å²) in [6.45, 7) is 1.75. The predicted molar refractivity (Wildman–Crippen MR) is 115 cm³/mol. The molecule has 3 aromatic rings. The summed E-state index contributed by atoms with van der Waals surface area (Å²) in [6.07, 6.45) is 0. The molecule has 0 radical (unpaired) electrons. The van der Waals surface area contributed by atoms with E-state index in [2.05, 4.69) is 31.4 Å². The van der Waals surface area contributed by atoms with Gasteiger partial charge < -0.3 is 15.9 Å². The summed E-state index contributed by atoms with van der Waals surface area (Å²) in [5.41, 5.74) is 1.31. The minimum absolute atomic E-state index is 0.240. The molecule has 146 valence electrons. The van der Waals surface area contributed by atoms with Gasteiger partial charge in [-0.25, -0.2) is 4.68 Å². The number of nitrogens with one attached hydrogen (secondary N) is 1. The number of thioether (sulfide) groups is 1. The van der Waals surface area contributed by atoms with Crippen molar-refractivity contribution in [1.29, 1.82) is 0 Å². The van der Waals surface area contributed by atoms with E-state index in [0.29, 0.717) is 27.4 Å². The summed E-state index contributed by atoms with van der Waals surface area (Å²) in [5, 5.41) is 11.5. The lowest BCUT2D eigenvalue weighted by molar-refractivity contribution is -0.115. The molecule has 10 heteroatoms. The summed E-state index contributed by atoms with van der Waals surface area (Å²) in [7, 11) is 1.53. The van der Waals surface area contributed by atoms with Gasteiger partial charge in [0, 0.05) is 15.1 Å². The van der Waals surface area contributed by atoms with Crippen LogP contribution in [0.1, 0.15) is 6.92 Å². The first-order valence-electron chi connectivity index (χ1n) is 8.17. The number of anilines is 1. The summed E-state index contributed by atoms with van der Waals surface area (Å²) < 4.78 is 7.47. The highest BCUT2D eigenvalue weighted by Gasteiger charge is 2.21. The molecule has 0 aliphatic heterocycles. The predicted octanol–water partition coefficient (Wildman–Crippen LogP) is 4.20. The molecule has 3 N–H and O–H groups in total. The van der Waals surface area contributed by atoms with Gasteiger partial charge in [0.2, 0.25) is 11.1 Å². The summed E-state index contributed by atoms with van der Waals surface area (Å²) >= 11 is 10.7. The number of methoxy groups -OCH3 is 1. The number of carbonyl (C=O) groups is 1. The number of aromatic nitrogens is 3. The summed E-state index contributed by atoms with van der Waals surface area (Å²) in [6, 6.07) is 12.6. The number of amides is 1. The smallest absolute Gasteiger partial charge is 0.237 e. The van der Waals surface area contributed by atoms with Crippen molar-refractivity contribution in [3.63, 3.8) is 0 Å². The molecular weight excluding hydrogens is 466 g/mol. The fourth-order valence-corrected chi connectivity index (χ4v) is 3.81. The number of rotatable bonds is 6. The lowest BCUT2D eigenvalue weighted by atomic mass is 10.2. The van der Waals surface area contributed by atoms with Crippen LogP contribution >= 0.6 is 39.3 Å². The Bertz CT molecular complexity index is 1010. The molecule has 28 heavy (non-hydrogen) atoms. The van der Waals surface area contributed by atoms with Crippen LogP contribution in [-0.4, -0.2) is 33.1 Å². The Labute approximate surface area is 179 Å². The van der Waals surface area contributed by atoms with Crippen LogP contribution < -0.4 is 15.9 Å². The second-order valence-corrected chi connectivity index (χ2v) is 8.35. The molecule has 0 aliphatic carbocycles. The maximum absolute atomic E-state index is 12.6. The third-order valence-electron chi connectivity index (χ3n) is 3.85. The van der Waals surface area contributed by atoms with Gasteiger partial charge in [0.1, 0.15) is 5.75 Å². The Balaban J connectivity index is 1.75. The minimum atomic E-state index is -0.484. The lowest BCUT2D eigenvalue weighted by Gasteiger charge is -2.14. The van der Waals surface area contributed by atoms with E-state index in [0.717, 1.165) is 10.0 Å². The molecule has 0 bridgehead atoms. The average molecular weight is 483 g/mol. The molecule has 0 saturated heterocycles. The number of benzene rings is 2. The number of ether oxygens (including phenoxy) is 1. The van der Waals surface area contributed by atoms with Gasteiger partial charge in [-0.1, -0.05) is 51.4 Å². The number of hydrogen-bond donors (Lipinski definition) is 2. The maximum Gasteiger partial charge on any atom is 0.237 e. The normalized spacial score (nSPS) is 11.9. The number of nitrogens with zero attached hydrogens (tertiary/aromatic N) is 3. The molecule has 0 aliphatic rings. The lowest BCUT2D eigenvalue weighted by Crippen LogP contribution is -2.24. The third-order valence-corrected chi connectivity index (χ3v) is 5.83. The van der Waals surface area contributed by atoms with E-state index in [1.807, 2.05) is 24.3 Å². The Morgan fingerprint density at radius 2 is 2.07 bits per heavy atom. The van der Waals surface area contributed by atoms with Crippen LogP contribution in [0.5, 0.6) is 5.75 Å². The molecular formula is C18H17BrClN5O2S. The standard InChI is InChI=1S/C18H17BrClN5O2S/c1-10(17(26)22-14-9-11(20)7-8-15(14)27-2)28-18-24-23-16(25(18)21)12-5-3-4-6-13(12)19/h3-10H,21H2,1-2H3,(H,22,26)/t10-/m1/s1. The second kappa shape index (κ2) is 8.85. The van der Waals surface area contributed by atoms with Crippen molar-refractivity contribution < 1.29 is 9.53 Å². The van der Waals surface area contributed by atoms with Crippen LogP contribution in [0, 0.1) is 0 Å². The second-order valence-electron chi connectivity index (χ2n) is 5.75. The molecule has 1 aromatic heterocycles. The highest BCUT2D eigenvalue weighted by atomic mass is 79.9. The van der Waals surface area contributed by atoms with Crippen LogP contribution in [0.2, 0.25) is 5.02 Å². The number of hydrogen-bond acceptors (Lipinski definition) is 6. The zero-order valence-corrected chi connectivity index (χ0v) is 18.2. The number of carbonyl (C=O) groups excluding carboxylic acids is 1. The van der Waals surface area contributed by atoms with E-state index in [-0.39, 0.29) is 5.91 Å². The first kappa shape index (κ1) is 20.5. The highest BCUT2D eigenvalue weighted by molar-refractivity contribution is 9.10. The quantitative estimate of drug-likeness (QED) is 0.404. The summed E-state index contributed by atoms with van der Waals surface area (Å²) in [5.74, 6) is 6.93. The number of halogens is 2. The first-order valence-corrected chi connectivity index (χ1v) is 10.2. The van der Waals surface area contributed by atoms with Gasteiger partial charge in [-0.15, -0.1) is 10.2 Å². The van der Waals surface area contributed by atoms with Crippen molar-refractivity contribution in [3.05, 3.63) is 52.0 Å². The molecule has 1 amide bonds. The van der Waals surface area contributed by atoms with E-state index in [9.17, 15) is 4.79 Å². The fraction of sp³-hybridized carbons (Fsp3) is 0.167. The van der Waals surface area contributed by atoms with Crippen LogP contribution in [0.3, 0.4) is 0 Å². The molecule has 7 nitrogen and oxygen atoms in total. The topological polar surface area (TPSA) is 95.1 Å². The molecule has 2 aromatic carbocycles. The molecule has 0 unspecified atom stereocenters. The Hall–Kier alpha value is -2.23. The van der Waals surface area contributed by atoms with E-state index in [4.69, 9.17) is 22.2 Å². The monoisotopic (exact) mass is 481 g/mol. The van der Waals surface area contributed by atoms with E-state index >= 15 is 0 Å². The molecule has 3 rings (SSSR count). The van der Waals surface area contributed by atoms with Crippen molar-refractivity contribution in [2.24, 2.45) is 0 Å². The van der Waals surface area contributed by atoms with Crippen LogP contribution in [0.15, 0.2) is 52.1 Å². The minimum Gasteiger partial charge on any atom is -0.495 e. The Kier molecular flexibility index (Phi) is 6.48. The molecule has 0 fully saturated rings. The average Bonchev–Trinajstić information content (AvgIpc) is 3.02. The van der Waals surface area contributed by atoms with Crippen LogP contribution in [-0.2, 0) is 4.79 Å². The van der Waals surface area contributed by atoms with Gasteiger partial charge in [0.25, 0.3) is 0 Å². The van der Waals surface area contributed by atoms with Crippen LogP contribution in [0.4, 0.5) is 5.69 Å². The number of nitrogens with two attached hydrogens (primary N) is 1. The zero-order valence-electron chi connectivity index (χ0n) is 15.0. The van der Waals surface area contributed by atoms with Gasteiger partial charge in [0.05, 0.1) is 18.0 Å². The van der Waals surface area contributed by atoms with Crippen molar-refractivity contribution in [3.8, 4) is 17.1 Å². The zero-order chi connectivity index (χ0) is 20.3. The number of nitrogen functional groups attached to an aromatic ring is 1. The van der Waals surface area contributed by atoms with E-state index < -0.39 is 5.25 Å². The Morgan fingerprint density at radius 1 is 1.32 bits per heavy atom. The molecule has 1 heterocycles. The van der Waals surface area contributed by atoms with Crippen molar-refractivity contribution in [2.75, 3.05) is 18.3 Å². The first-order chi connectivity index (χ1) is 13.4. The van der Waals surface area contributed by atoms with Crippen LogP contribution in [0.25, 0.3) is 11.4 Å². The Morgan fingerprint density at radius 3 is 2.79 bits per heavy atom. The van der Waals surface area contributed by atoms with Gasteiger partial charge >= 0.3 is 0 Å². The summed E-state index contributed by atoms with van der Waals surface area (Å²) in [4.78, 5) is 12.6. The fourth-order valence-electron chi connectivity index (χ4n) is 2.41. The van der Waals surface area contributed by atoms with E-state index in [1.54, 1.807) is 25.1 Å². The van der Waals surface area contributed by atoms with Gasteiger partial charge in [-0.3, -0.25) is 4.79 Å². The van der Waals surface area contributed by atoms with Gasteiger partial charge in [0.15, 0.2) is 5.82 Å². The van der Waals surface area contributed by atoms with E-state index in [1.165, 1.54) is 23.5 Å². The SMILES string of the molecule is COc1ccc(Cl)cc1NC(=O)[C@@H](C)Sc1nnc(-c2ccccc2Br)n1N. The highest BCUT2D eigenvalue weighted by Crippen LogP contribution is 2.31. The van der Waals surface area contributed by atoms with Crippen molar-refractivity contribution in [2.45, 2.75) is 17.3 Å². The van der Waals surface area contributed by atoms with Gasteiger partial charge in [-0.2, -0.15) is 0 Å². The molecule has 0 saturated carbocycles. The largest absolute Gasteiger partial charge is 0.495 e. The van der Waals surface area contributed by atoms with Crippen molar-refractivity contribution >= 4 is 50.9 Å². The third kappa shape index (κ3) is 4.43. The molecule has 0 spiro atoms. The van der Waals surface area contributed by atoms with Crippen molar-refractivity contribution in [1.82, 2.24) is 14.9 Å². The van der Waals surface area contributed by atoms with Gasteiger partial charge in [-0.05, 0) is 37.3 Å². The molecule has 1 atom stereocenters. The maximum atomic E-state index is 12.6.